The van der Waals surface area contributed by atoms with Crippen molar-refractivity contribution in [2.45, 2.75) is 392 Å². The second-order valence-electron chi connectivity index (χ2n) is 23.2. The Kier molecular flexibility index (Phi) is 63.7. The molecular formula is C69H133NO3. The molecule has 0 heterocycles. The van der Waals surface area contributed by atoms with E-state index in [1.165, 1.54) is 327 Å². The summed E-state index contributed by atoms with van der Waals surface area (Å²) in [4.78, 5) is 12.5. The highest BCUT2D eigenvalue weighted by atomic mass is 16.3. The number of carbonyl (C=O) groups is 1. The molecule has 0 radical (unpaired) electrons. The standard InChI is InChI=1S/C69H133NO3/c1-3-5-7-9-11-13-15-17-19-21-23-25-27-29-31-32-33-34-35-36-37-38-39-41-43-45-47-49-51-53-55-57-59-61-63-65-69(73)70-67(66-71)68(72)64-62-60-58-56-54-52-50-48-46-44-42-40-30-28-26-24-22-20-18-16-14-12-10-8-6-4-2/h21,23,54,56,62,64,67-68,71-72H,3-20,22,24-53,55,57-61,63,65-66H2,1-2H3,(H,70,73)/b23-21-,56-54+,64-62+. The highest BCUT2D eigenvalue weighted by Gasteiger charge is 2.18. The summed E-state index contributed by atoms with van der Waals surface area (Å²) in [5, 5.41) is 23.2. The van der Waals surface area contributed by atoms with Gasteiger partial charge in [0.2, 0.25) is 5.91 Å². The number of nitrogens with one attached hydrogen (secondary N) is 1. The Hall–Kier alpha value is -1.39. The van der Waals surface area contributed by atoms with Gasteiger partial charge in [-0.25, -0.2) is 0 Å². The van der Waals surface area contributed by atoms with E-state index in [0.717, 1.165) is 32.1 Å². The van der Waals surface area contributed by atoms with Crippen LogP contribution in [0.15, 0.2) is 36.5 Å². The van der Waals surface area contributed by atoms with Crippen LogP contribution in [0.25, 0.3) is 0 Å². The molecule has 1 amide bonds. The molecule has 0 rings (SSSR count). The first-order chi connectivity index (χ1) is 36.2. The fourth-order valence-corrected chi connectivity index (χ4v) is 10.7. The maximum absolute atomic E-state index is 12.5. The predicted molar refractivity (Wildman–Crippen MR) is 327 cm³/mol. The van der Waals surface area contributed by atoms with Gasteiger partial charge in [-0.3, -0.25) is 4.79 Å². The smallest absolute Gasteiger partial charge is 0.220 e. The minimum absolute atomic E-state index is 0.0657. The van der Waals surface area contributed by atoms with E-state index in [4.69, 9.17) is 0 Å². The molecule has 4 nitrogen and oxygen atoms in total. The summed E-state index contributed by atoms with van der Waals surface area (Å²) in [6.45, 7) is 4.34. The van der Waals surface area contributed by atoms with E-state index >= 15 is 0 Å². The van der Waals surface area contributed by atoms with Crippen LogP contribution in [0.5, 0.6) is 0 Å². The number of hydrogen-bond acceptors (Lipinski definition) is 3. The minimum Gasteiger partial charge on any atom is -0.394 e. The molecule has 73 heavy (non-hydrogen) atoms. The molecule has 0 saturated heterocycles. The molecule has 2 unspecified atom stereocenters. The first kappa shape index (κ1) is 71.6. The molecule has 0 aliphatic carbocycles. The lowest BCUT2D eigenvalue weighted by molar-refractivity contribution is -0.123. The summed E-state index contributed by atoms with van der Waals surface area (Å²) in [6, 6.07) is -0.639. The lowest BCUT2D eigenvalue weighted by Crippen LogP contribution is -2.45. The van der Waals surface area contributed by atoms with Crippen molar-refractivity contribution < 1.29 is 15.0 Å². The fraction of sp³-hybridized carbons (Fsp3) is 0.899. The second-order valence-corrected chi connectivity index (χ2v) is 23.2. The van der Waals surface area contributed by atoms with Crippen LogP contribution in [0, 0.1) is 0 Å². The van der Waals surface area contributed by atoms with E-state index in [-0.39, 0.29) is 12.5 Å². The third-order valence-electron chi connectivity index (χ3n) is 15.8. The summed E-state index contributed by atoms with van der Waals surface area (Å²) in [7, 11) is 0. The van der Waals surface area contributed by atoms with Gasteiger partial charge in [-0.05, 0) is 57.8 Å². The van der Waals surface area contributed by atoms with Gasteiger partial charge in [0.1, 0.15) is 0 Å². The van der Waals surface area contributed by atoms with Gasteiger partial charge in [-0.15, -0.1) is 0 Å². The summed E-state index contributed by atoms with van der Waals surface area (Å²) in [5.41, 5.74) is 0. The minimum atomic E-state index is -0.862. The second kappa shape index (κ2) is 64.9. The third-order valence-corrected chi connectivity index (χ3v) is 15.8. The molecule has 0 aromatic rings. The van der Waals surface area contributed by atoms with Crippen molar-refractivity contribution in [2.75, 3.05) is 6.61 Å². The lowest BCUT2D eigenvalue weighted by Gasteiger charge is -2.19. The highest BCUT2D eigenvalue weighted by Crippen LogP contribution is 2.19. The molecular weight excluding hydrogens is 891 g/mol. The topological polar surface area (TPSA) is 69.6 Å². The molecule has 0 spiro atoms. The molecule has 2 atom stereocenters. The number of aliphatic hydroxyl groups is 2. The van der Waals surface area contributed by atoms with E-state index in [2.05, 4.69) is 43.5 Å². The zero-order chi connectivity index (χ0) is 52.7. The number of hydrogen-bond donors (Lipinski definition) is 3. The van der Waals surface area contributed by atoms with Gasteiger partial charge in [0.05, 0.1) is 18.8 Å². The number of rotatable bonds is 63. The molecule has 0 aromatic carbocycles. The third kappa shape index (κ3) is 61.3. The Balaban J connectivity index is 3.44. The number of unbranched alkanes of at least 4 members (excludes halogenated alkanes) is 52. The Bertz CT molecular complexity index is 1110. The molecule has 0 bridgehead atoms. The zero-order valence-corrected chi connectivity index (χ0v) is 49.9. The van der Waals surface area contributed by atoms with Crippen molar-refractivity contribution in [3.8, 4) is 0 Å². The van der Waals surface area contributed by atoms with Gasteiger partial charge in [-0.1, -0.05) is 352 Å². The van der Waals surface area contributed by atoms with Crippen molar-refractivity contribution in [3.63, 3.8) is 0 Å². The van der Waals surface area contributed by atoms with Crippen molar-refractivity contribution in [3.05, 3.63) is 36.5 Å². The van der Waals surface area contributed by atoms with E-state index < -0.39 is 12.1 Å². The van der Waals surface area contributed by atoms with Gasteiger partial charge >= 0.3 is 0 Å². The van der Waals surface area contributed by atoms with Gasteiger partial charge in [0, 0.05) is 6.42 Å². The summed E-state index contributed by atoms with van der Waals surface area (Å²) < 4.78 is 0. The van der Waals surface area contributed by atoms with E-state index in [1.807, 2.05) is 6.08 Å². The summed E-state index contributed by atoms with van der Waals surface area (Å²) >= 11 is 0. The normalized spacial score (nSPS) is 12.9. The van der Waals surface area contributed by atoms with Crippen LogP contribution in [0.3, 0.4) is 0 Å². The van der Waals surface area contributed by atoms with Crippen LogP contribution < -0.4 is 5.32 Å². The maximum atomic E-state index is 12.5. The predicted octanol–water partition coefficient (Wildman–Crippen LogP) is 22.8. The van der Waals surface area contributed by atoms with Gasteiger partial charge in [-0.2, -0.15) is 0 Å². The highest BCUT2D eigenvalue weighted by molar-refractivity contribution is 5.76. The largest absolute Gasteiger partial charge is 0.394 e. The van der Waals surface area contributed by atoms with Crippen LogP contribution in [-0.4, -0.2) is 34.9 Å². The zero-order valence-electron chi connectivity index (χ0n) is 49.9. The number of allylic oxidation sites excluding steroid dienone is 5. The van der Waals surface area contributed by atoms with Gasteiger partial charge in [0.15, 0.2) is 0 Å². The van der Waals surface area contributed by atoms with Crippen LogP contribution in [0.1, 0.15) is 380 Å². The molecule has 0 aliphatic heterocycles. The van der Waals surface area contributed by atoms with Crippen molar-refractivity contribution >= 4 is 5.91 Å². The van der Waals surface area contributed by atoms with Crippen molar-refractivity contribution in [1.82, 2.24) is 5.32 Å². The summed E-state index contributed by atoms with van der Waals surface area (Å²) in [5.74, 6) is -0.0657. The molecule has 0 saturated carbocycles. The molecule has 4 heteroatoms. The van der Waals surface area contributed by atoms with E-state index in [1.54, 1.807) is 6.08 Å². The van der Waals surface area contributed by atoms with Crippen molar-refractivity contribution in [2.24, 2.45) is 0 Å². The van der Waals surface area contributed by atoms with E-state index in [0.29, 0.717) is 6.42 Å². The van der Waals surface area contributed by atoms with Crippen LogP contribution >= 0.6 is 0 Å². The Morgan fingerprint density at radius 1 is 0.315 bits per heavy atom. The number of amides is 1. The first-order valence-corrected chi connectivity index (χ1v) is 33.7. The molecule has 0 fully saturated rings. The van der Waals surface area contributed by atoms with Gasteiger partial charge in [0.25, 0.3) is 0 Å². The summed E-state index contributed by atoms with van der Waals surface area (Å²) in [6.07, 6.45) is 89.4. The quantitative estimate of drug-likeness (QED) is 0.0420. The average Bonchev–Trinajstić information content (AvgIpc) is 3.40. The molecule has 3 N–H and O–H groups in total. The number of aliphatic hydroxyl groups excluding tert-OH is 2. The average molecular weight is 1020 g/mol. The fourth-order valence-electron chi connectivity index (χ4n) is 10.7. The Morgan fingerprint density at radius 2 is 0.534 bits per heavy atom. The monoisotopic (exact) mass is 1020 g/mol. The van der Waals surface area contributed by atoms with Gasteiger partial charge < -0.3 is 15.5 Å². The van der Waals surface area contributed by atoms with Crippen LogP contribution in [0.4, 0.5) is 0 Å². The van der Waals surface area contributed by atoms with Crippen LogP contribution in [0.2, 0.25) is 0 Å². The SMILES string of the molecule is CCCCCCCCCC/C=C\CCCCCCCCCCCCCCCCCCCCCCCCCC(=O)NC(CO)C(O)/C=C/CC/C=C/CCCCCCCCCCCCCCCCCCCCCC. The molecule has 0 aromatic heterocycles. The molecule has 0 aliphatic rings. The number of carbonyl (C=O) groups excluding carboxylic acids is 1. The van der Waals surface area contributed by atoms with Crippen LogP contribution in [-0.2, 0) is 4.79 Å². The maximum Gasteiger partial charge on any atom is 0.220 e. The Labute approximate surface area is 459 Å². The first-order valence-electron chi connectivity index (χ1n) is 33.7. The molecule has 432 valence electrons. The van der Waals surface area contributed by atoms with E-state index in [9.17, 15) is 15.0 Å². The lowest BCUT2D eigenvalue weighted by atomic mass is 10.0. The van der Waals surface area contributed by atoms with Crippen molar-refractivity contribution in [1.29, 1.82) is 0 Å². The Morgan fingerprint density at radius 3 is 0.795 bits per heavy atom.